The van der Waals surface area contributed by atoms with Crippen molar-refractivity contribution < 1.29 is 13.9 Å². The van der Waals surface area contributed by atoms with Crippen LogP contribution in [0.1, 0.15) is 91.5 Å². The van der Waals surface area contributed by atoms with Crippen LogP contribution < -0.4 is 0 Å². The molecule has 1 aromatic heterocycles. The summed E-state index contributed by atoms with van der Waals surface area (Å²) in [5, 5.41) is 12.2. The maximum atomic E-state index is 11.9. The summed E-state index contributed by atoms with van der Waals surface area (Å²) in [6.07, 6.45) is 15.6. The first-order valence-electron chi connectivity index (χ1n) is 13.4. The summed E-state index contributed by atoms with van der Waals surface area (Å²) >= 11 is 0. The Bertz CT molecular complexity index is 912. The Labute approximate surface area is 202 Å². The van der Waals surface area contributed by atoms with Gasteiger partial charge in [0.1, 0.15) is 0 Å². The third kappa shape index (κ3) is 3.41. The van der Waals surface area contributed by atoms with E-state index >= 15 is 0 Å². The molecule has 1 heterocycles. The van der Waals surface area contributed by atoms with Gasteiger partial charge in [0.25, 0.3) is 0 Å². The Kier molecular flexibility index (Phi) is 5.48. The second kappa shape index (κ2) is 7.58. The molecular formula is C29H46O3Si. The molecule has 7 atom stereocenters. The van der Waals surface area contributed by atoms with E-state index in [4.69, 9.17) is 8.84 Å². The molecule has 0 amide bonds. The minimum atomic E-state index is -1.74. The van der Waals surface area contributed by atoms with Crippen molar-refractivity contribution in [2.24, 2.45) is 28.6 Å². The second-order valence-corrected chi connectivity index (χ2v) is 18.6. The summed E-state index contributed by atoms with van der Waals surface area (Å²) in [6.45, 7) is 16.8. The zero-order chi connectivity index (χ0) is 23.9. The van der Waals surface area contributed by atoms with E-state index in [1.165, 1.54) is 25.7 Å². The van der Waals surface area contributed by atoms with Crippen LogP contribution in [0.3, 0.4) is 0 Å². The fourth-order valence-electron chi connectivity index (χ4n) is 8.31. The van der Waals surface area contributed by atoms with Crippen molar-refractivity contribution in [1.29, 1.82) is 0 Å². The van der Waals surface area contributed by atoms with E-state index < -0.39 is 13.9 Å². The number of hydrogen-bond acceptors (Lipinski definition) is 3. The summed E-state index contributed by atoms with van der Waals surface area (Å²) in [5.74, 6) is 2.03. The molecule has 3 nitrogen and oxygen atoms in total. The molecule has 4 heteroatoms. The maximum Gasteiger partial charge on any atom is 0.192 e. The topological polar surface area (TPSA) is 42.6 Å². The molecule has 33 heavy (non-hydrogen) atoms. The van der Waals surface area contributed by atoms with Gasteiger partial charge in [-0.15, -0.1) is 0 Å². The summed E-state index contributed by atoms with van der Waals surface area (Å²) < 4.78 is 12.3. The van der Waals surface area contributed by atoms with Gasteiger partial charge in [-0.3, -0.25) is 0 Å². The minimum Gasteiger partial charge on any atom is -0.472 e. The van der Waals surface area contributed by atoms with Crippen LogP contribution in [0.2, 0.25) is 18.1 Å². The molecule has 3 saturated carbocycles. The van der Waals surface area contributed by atoms with Gasteiger partial charge in [-0.05, 0) is 98.7 Å². The fourth-order valence-corrected chi connectivity index (χ4v) is 9.70. The highest BCUT2D eigenvalue weighted by atomic mass is 28.4. The molecule has 0 aromatic carbocycles. The normalized spacial score (nSPS) is 43.5. The zero-order valence-electron chi connectivity index (χ0n) is 22.0. The van der Waals surface area contributed by atoms with Crippen LogP contribution >= 0.6 is 0 Å². The maximum absolute atomic E-state index is 11.9. The van der Waals surface area contributed by atoms with Crippen molar-refractivity contribution >= 4 is 8.32 Å². The number of aliphatic hydroxyl groups is 1. The number of hydrogen-bond donors (Lipinski definition) is 1. The SMILES string of the molecule is CC(C)(C)[Si](C)(C)OC1CC[C@@]2(C)C(=CC[C@@H]3[C@@H]2CC[C@@]2(C)[C@H]3CCC2(O)c2ccoc2)C1. The zero-order valence-corrected chi connectivity index (χ0v) is 23.0. The first kappa shape index (κ1) is 23.9. The lowest BCUT2D eigenvalue weighted by molar-refractivity contribution is -0.129. The van der Waals surface area contributed by atoms with Crippen LogP contribution in [0, 0.1) is 28.6 Å². The standard InChI is InChI=1S/C29H46O3Si/c1-26(2,3)33(6,7)32-22-10-14-27(4)20(18-22)8-9-23-24(27)11-15-28(5)25(23)12-16-29(28,30)21-13-17-31-19-21/h8,13,17,19,22-25,30H,9-12,14-16,18H2,1-7H3/t22?,23-,24+,25+,27+,28+,29?/m1/s1. The van der Waals surface area contributed by atoms with Gasteiger partial charge in [-0.25, -0.2) is 0 Å². The van der Waals surface area contributed by atoms with Gasteiger partial charge in [0.2, 0.25) is 0 Å². The molecule has 5 rings (SSSR count). The smallest absolute Gasteiger partial charge is 0.192 e. The molecule has 0 saturated heterocycles. The Hall–Kier alpha value is -0.843. The van der Waals surface area contributed by atoms with E-state index in [1.807, 2.05) is 6.07 Å². The van der Waals surface area contributed by atoms with Crippen LogP contribution in [0.4, 0.5) is 0 Å². The van der Waals surface area contributed by atoms with Gasteiger partial charge >= 0.3 is 0 Å². The second-order valence-electron chi connectivity index (χ2n) is 13.9. The first-order valence-corrected chi connectivity index (χ1v) is 16.4. The monoisotopic (exact) mass is 470 g/mol. The van der Waals surface area contributed by atoms with Crippen LogP contribution in [-0.2, 0) is 10.0 Å². The number of allylic oxidation sites excluding steroid dienone is 1. The van der Waals surface area contributed by atoms with Crippen molar-refractivity contribution in [3.8, 4) is 0 Å². The molecule has 0 bridgehead atoms. The molecule has 184 valence electrons. The molecule has 1 aromatic rings. The molecule has 2 unspecified atom stereocenters. The van der Waals surface area contributed by atoms with E-state index in [2.05, 4.69) is 53.8 Å². The van der Waals surface area contributed by atoms with Crippen molar-refractivity contribution in [3.05, 3.63) is 35.8 Å². The predicted octanol–water partition coefficient (Wildman–Crippen LogP) is 7.82. The summed E-state index contributed by atoms with van der Waals surface area (Å²) in [6, 6.07) is 1.99. The average Bonchev–Trinajstić information content (AvgIpc) is 3.35. The van der Waals surface area contributed by atoms with E-state index in [0.717, 1.165) is 37.2 Å². The quantitative estimate of drug-likeness (QED) is 0.362. The summed E-state index contributed by atoms with van der Waals surface area (Å²) in [7, 11) is -1.74. The van der Waals surface area contributed by atoms with Gasteiger partial charge < -0.3 is 13.9 Å². The average molecular weight is 471 g/mol. The van der Waals surface area contributed by atoms with E-state index in [1.54, 1.807) is 18.1 Å². The molecule has 1 N–H and O–H groups in total. The van der Waals surface area contributed by atoms with Crippen molar-refractivity contribution in [2.75, 3.05) is 0 Å². The highest BCUT2D eigenvalue weighted by Gasteiger charge is 2.64. The highest BCUT2D eigenvalue weighted by Crippen LogP contribution is 2.69. The van der Waals surface area contributed by atoms with Crippen LogP contribution in [-0.4, -0.2) is 19.5 Å². The Morgan fingerprint density at radius 1 is 1.06 bits per heavy atom. The molecule has 3 fully saturated rings. The number of furan rings is 1. The number of rotatable bonds is 3. The third-order valence-corrected chi connectivity index (χ3v) is 16.0. The Balaban J connectivity index is 1.38. The molecule has 0 aliphatic heterocycles. The molecule has 4 aliphatic rings. The van der Waals surface area contributed by atoms with Gasteiger partial charge in [0.05, 0.1) is 18.1 Å². The first-order chi connectivity index (χ1) is 15.3. The lowest BCUT2D eigenvalue weighted by Gasteiger charge is -2.59. The summed E-state index contributed by atoms with van der Waals surface area (Å²) in [5.41, 5.74) is 2.20. The summed E-state index contributed by atoms with van der Waals surface area (Å²) in [4.78, 5) is 0. The predicted molar refractivity (Wildman–Crippen MR) is 136 cm³/mol. The van der Waals surface area contributed by atoms with E-state index in [0.29, 0.717) is 23.4 Å². The lowest BCUT2D eigenvalue weighted by Crippen LogP contribution is -2.54. The van der Waals surface area contributed by atoms with Gasteiger partial charge in [-0.2, -0.15) is 0 Å². The Morgan fingerprint density at radius 3 is 2.45 bits per heavy atom. The van der Waals surface area contributed by atoms with Crippen LogP contribution in [0.5, 0.6) is 0 Å². The minimum absolute atomic E-state index is 0.0532. The Morgan fingerprint density at radius 2 is 1.79 bits per heavy atom. The van der Waals surface area contributed by atoms with E-state index in [-0.39, 0.29) is 10.5 Å². The fraction of sp³-hybridized carbons (Fsp3) is 0.793. The van der Waals surface area contributed by atoms with E-state index in [9.17, 15) is 5.11 Å². The van der Waals surface area contributed by atoms with Gasteiger partial charge in [0, 0.05) is 17.1 Å². The molecule has 0 radical (unpaired) electrons. The third-order valence-electron chi connectivity index (χ3n) is 11.5. The van der Waals surface area contributed by atoms with Gasteiger partial charge in [-0.1, -0.05) is 46.3 Å². The lowest BCUT2D eigenvalue weighted by atomic mass is 9.46. The highest BCUT2D eigenvalue weighted by molar-refractivity contribution is 6.74. The molecule has 4 aliphatic carbocycles. The molecule has 0 spiro atoms. The van der Waals surface area contributed by atoms with Crippen LogP contribution in [0.15, 0.2) is 34.7 Å². The van der Waals surface area contributed by atoms with Crippen molar-refractivity contribution in [1.82, 2.24) is 0 Å². The van der Waals surface area contributed by atoms with Crippen molar-refractivity contribution in [3.63, 3.8) is 0 Å². The van der Waals surface area contributed by atoms with Gasteiger partial charge in [0.15, 0.2) is 8.32 Å². The molecular weight excluding hydrogens is 424 g/mol. The number of fused-ring (bicyclic) bond motifs is 5. The van der Waals surface area contributed by atoms with Crippen molar-refractivity contribution in [2.45, 2.75) is 116 Å². The largest absolute Gasteiger partial charge is 0.472 e. The van der Waals surface area contributed by atoms with Crippen LogP contribution in [0.25, 0.3) is 0 Å².